The number of nitrogens with one attached hydrogen (secondary N) is 1. The van der Waals surface area contributed by atoms with Gasteiger partial charge in [0.2, 0.25) is 0 Å². The summed E-state index contributed by atoms with van der Waals surface area (Å²) in [4.78, 5) is 16.4. The Hall–Kier alpha value is -2.11. The number of fused-ring (bicyclic) bond motifs is 4. The molecular weight excluding hydrogens is 330 g/mol. The molecule has 1 amide bonds. The molecule has 4 nitrogen and oxygen atoms in total. The van der Waals surface area contributed by atoms with E-state index >= 15 is 0 Å². The molecule has 25 heavy (non-hydrogen) atoms. The van der Waals surface area contributed by atoms with Crippen molar-refractivity contribution >= 4 is 22.8 Å². The summed E-state index contributed by atoms with van der Waals surface area (Å²) in [5, 5.41) is 5.36. The van der Waals surface area contributed by atoms with Crippen LogP contribution >= 0.6 is 11.3 Å². The second kappa shape index (κ2) is 6.00. The summed E-state index contributed by atoms with van der Waals surface area (Å²) in [5.74, 6) is 0.705. The molecule has 1 atom stereocenters. The van der Waals surface area contributed by atoms with Crippen LogP contribution in [0, 0.1) is 5.92 Å². The van der Waals surface area contributed by atoms with Crippen molar-refractivity contribution in [3.8, 4) is 10.4 Å². The summed E-state index contributed by atoms with van der Waals surface area (Å²) in [7, 11) is 0. The summed E-state index contributed by atoms with van der Waals surface area (Å²) < 4.78 is 2.06. The number of piperidine rings is 3. The Labute approximate surface area is 151 Å². The van der Waals surface area contributed by atoms with Gasteiger partial charge in [-0.3, -0.25) is 4.79 Å². The van der Waals surface area contributed by atoms with Gasteiger partial charge in [-0.05, 0) is 61.5 Å². The monoisotopic (exact) mass is 351 g/mol. The number of hydrogen-bond acceptors (Lipinski definition) is 3. The van der Waals surface area contributed by atoms with Crippen molar-refractivity contribution in [3.63, 3.8) is 0 Å². The van der Waals surface area contributed by atoms with E-state index in [0.29, 0.717) is 12.0 Å². The molecule has 0 aliphatic carbocycles. The number of aromatic nitrogens is 1. The molecule has 3 aromatic rings. The molecule has 1 unspecified atom stereocenters. The van der Waals surface area contributed by atoms with Gasteiger partial charge in [0, 0.05) is 40.9 Å². The van der Waals surface area contributed by atoms with Crippen molar-refractivity contribution in [1.82, 2.24) is 14.6 Å². The molecule has 0 radical (unpaired) electrons. The summed E-state index contributed by atoms with van der Waals surface area (Å²) in [5.41, 5.74) is 2.99. The van der Waals surface area contributed by atoms with E-state index in [0.717, 1.165) is 17.6 Å². The van der Waals surface area contributed by atoms with Crippen LogP contribution in [0.4, 0.5) is 0 Å². The van der Waals surface area contributed by atoms with Gasteiger partial charge < -0.3 is 14.6 Å². The van der Waals surface area contributed by atoms with E-state index in [-0.39, 0.29) is 5.91 Å². The molecule has 3 saturated heterocycles. The number of thiophene rings is 1. The second-order valence-electron chi connectivity index (χ2n) is 7.17. The number of amides is 1. The van der Waals surface area contributed by atoms with E-state index in [4.69, 9.17) is 0 Å². The predicted molar refractivity (Wildman–Crippen MR) is 101 cm³/mol. The smallest absolute Gasteiger partial charge is 0.253 e. The third kappa shape index (κ3) is 2.77. The van der Waals surface area contributed by atoms with Crippen LogP contribution in [0.5, 0.6) is 0 Å². The molecule has 6 rings (SSSR count). The van der Waals surface area contributed by atoms with Gasteiger partial charge in [-0.1, -0.05) is 6.07 Å². The maximum atomic E-state index is 12.7. The van der Waals surface area contributed by atoms with Gasteiger partial charge in [-0.2, -0.15) is 0 Å². The van der Waals surface area contributed by atoms with Crippen molar-refractivity contribution in [2.75, 3.05) is 19.6 Å². The van der Waals surface area contributed by atoms with Crippen LogP contribution in [0.15, 0.2) is 48.1 Å². The molecule has 3 aliphatic rings. The second-order valence-corrected chi connectivity index (χ2v) is 8.12. The third-order valence-electron chi connectivity index (χ3n) is 5.63. The summed E-state index contributed by atoms with van der Waals surface area (Å²) in [6.45, 7) is 3.39. The SMILES string of the molecule is O=C(NC1CN2CCC1CC2)c1cc2ccc(-c3cccs3)cn2c1. The van der Waals surface area contributed by atoms with Gasteiger partial charge in [-0.25, -0.2) is 0 Å². The Kier molecular flexibility index (Phi) is 3.64. The zero-order valence-corrected chi connectivity index (χ0v) is 14.8. The topological polar surface area (TPSA) is 36.8 Å². The minimum atomic E-state index is 0.0557. The van der Waals surface area contributed by atoms with E-state index in [2.05, 4.69) is 50.5 Å². The first-order chi connectivity index (χ1) is 12.3. The first-order valence-electron chi connectivity index (χ1n) is 8.95. The first-order valence-corrected chi connectivity index (χ1v) is 9.83. The van der Waals surface area contributed by atoms with E-state index < -0.39 is 0 Å². The van der Waals surface area contributed by atoms with Gasteiger partial charge in [0.05, 0.1) is 5.56 Å². The van der Waals surface area contributed by atoms with Gasteiger partial charge >= 0.3 is 0 Å². The Morgan fingerprint density at radius 1 is 1.16 bits per heavy atom. The number of nitrogens with zero attached hydrogens (tertiary/aromatic N) is 2. The molecular formula is C20H21N3OS. The van der Waals surface area contributed by atoms with Crippen LogP contribution in [0.2, 0.25) is 0 Å². The quantitative estimate of drug-likeness (QED) is 0.784. The van der Waals surface area contributed by atoms with Crippen LogP contribution in [-0.4, -0.2) is 40.9 Å². The van der Waals surface area contributed by atoms with E-state index in [1.54, 1.807) is 11.3 Å². The summed E-state index contributed by atoms with van der Waals surface area (Å²) in [6, 6.07) is 10.7. The van der Waals surface area contributed by atoms with Gasteiger partial charge in [0.25, 0.3) is 5.91 Å². The molecule has 0 spiro atoms. The van der Waals surface area contributed by atoms with E-state index in [1.807, 2.05) is 12.3 Å². The first kappa shape index (κ1) is 15.2. The normalized spacial score (nSPS) is 25.4. The van der Waals surface area contributed by atoms with Crippen molar-refractivity contribution in [3.05, 3.63) is 53.7 Å². The standard InChI is InChI=1S/C20H21N3OS/c24-20(21-18-13-22-7-5-14(18)6-8-22)16-10-17-4-3-15(11-23(17)12-16)19-2-1-9-25-19/h1-4,9-12,14,18H,5-8,13H2,(H,21,24). The molecule has 3 aromatic heterocycles. The number of hydrogen-bond donors (Lipinski definition) is 1. The molecule has 0 saturated carbocycles. The Balaban J connectivity index is 1.38. The Bertz CT molecular complexity index is 906. The van der Waals surface area contributed by atoms with Gasteiger partial charge in [0.15, 0.2) is 0 Å². The molecule has 6 heterocycles. The number of carbonyl (C=O) groups excluding carboxylic acids is 1. The number of pyridine rings is 1. The predicted octanol–water partition coefficient (Wildman–Crippen LogP) is 3.49. The fourth-order valence-corrected chi connectivity index (χ4v) is 4.92. The minimum Gasteiger partial charge on any atom is -0.348 e. The van der Waals surface area contributed by atoms with E-state index in [1.165, 1.54) is 36.4 Å². The van der Waals surface area contributed by atoms with Crippen LogP contribution in [0.3, 0.4) is 0 Å². The Morgan fingerprint density at radius 2 is 2.04 bits per heavy atom. The minimum absolute atomic E-state index is 0.0557. The van der Waals surface area contributed by atoms with Crippen molar-refractivity contribution in [2.24, 2.45) is 5.92 Å². The lowest BCUT2D eigenvalue weighted by molar-refractivity contribution is 0.0620. The summed E-state index contributed by atoms with van der Waals surface area (Å²) in [6.07, 6.45) is 6.48. The lowest BCUT2D eigenvalue weighted by atomic mass is 9.84. The average Bonchev–Trinajstić information content (AvgIpc) is 3.32. The molecule has 3 fully saturated rings. The number of rotatable bonds is 3. The summed E-state index contributed by atoms with van der Waals surface area (Å²) >= 11 is 1.73. The molecule has 3 aliphatic heterocycles. The third-order valence-corrected chi connectivity index (χ3v) is 6.55. The zero-order valence-electron chi connectivity index (χ0n) is 14.0. The van der Waals surface area contributed by atoms with Gasteiger partial charge in [0.1, 0.15) is 0 Å². The largest absolute Gasteiger partial charge is 0.348 e. The van der Waals surface area contributed by atoms with Crippen LogP contribution in [0.25, 0.3) is 16.0 Å². The van der Waals surface area contributed by atoms with Crippen LogP contribution < -0.4 is 5.32 Å². The number of carbonyl (C=O) groups is 1. The molecule has 5 heteroatoms. The molecule has 0 aromatic carbocycles. The molecule has 128 valence electrons. The highest BCUT2D eigenvalue weighted by Gasteiger charge is 2.35. The lowest BCUT2D eigenvalue weighted by Crippen LogP contribution is -2.57. The highest BCUT2D eigenvalue weighted by Crippen LogP contribution is 2.28. The zero-order chi connectivity index (χ0) is 16.8. The van der Waals surface area contributed by atoms with Crippen LogP contribution in [-0.2, 0) is 0 Å². The maximum absolute atomic E-state index is 12.7. The molecule has 2 bridgehead atoms. The Morgan fingerprint density at radius 3 is 2.76 bits per heavy atom. The highest BCUT2D eigenvalue weighted by molar-refractivity contribution is 7.13. The van der Waals surface area contributed by atoms with Gasteiger partial charge in [-0.15, -0.1) is 11.3 Å². The highest BCUT2D eigenvalue weighted by atomic mass is 32.1. The van der Waals surface area contributed by atoms with Crippen molar-refractivity contribution < 1.29 is 4.79 Å². The average molecular weight is 351 g/mol. The van der Waals surface area contributed by atoms with Crippen molar-refractivity contribution in [2.45, 2.75) is 18.9 Å². The molecule has 1 N–H and O–H groups in total. The maximum Gasteiger partial charge on any atom is 0.253 e. The fourth-order valence-electron chi connectivity index (χ4n) is 4.20. The van der Waals surface area contributed by atoms with Crippen molar-refractivity contribution in [1.29, 1.82) is 0 Å². The van der Waals surface area contributed by atoms with E-state index in [9.17, 15) is 4.79 Å². The van der Waals surface area contributed by atoms with Crippen LogP contribution in [0.1, 0.15) is 23.2 Å². The fraction of sp³-hybridized carbons (Fsp3) is 0.350. The lowest BCUT2D eigenvalue weighted by Gasteiger charge is -2.44.